The number of hydrogen-bond acceptors (Lipinski definition) is 10. The van der Waals surface area contributed by atoms with Crippen LogP contribution in [0, 0.1) is 6.92 Å². The second kappa shape index (κ2) is 13.0. The third kappa shape index (κ3) is 6.16. The molecule has 4 aromatic rings. The van der Waals surface area contributed by atoms with Gasteiger partial charge in [-0.15, -0.1) is 0 Å². The van der Waals surface area contributed by atoms with Gasteiger partial charge in [0.15, 0.2) is 22.6 Å². The summed E-state index contributed by atoms with van der Waals surface area (Å²) >= 11 is 6.12. The van der Waals surface area contributed by atoms with Crippen LogP contribution in [0.25, 0.3) is 11.2 Å². The largest absolute Gasteiger partial charge is 0.504 e. The van der Waals surface area contributed by atoms with Crippen molar-refractivity contribution in [2.45, 2.75) is 57.8 Å². The summed E-state index contributed by atoms with van der Waals surface area (Å²) in [4.78, 5) is 64.2. The van der Waals surface area contributed by atoms with Crippen LogP contribution in [0.5, 0.6) is 5.75 Å². The number of amides is 2. The van der Waals surface area contributed by atoms with E-state index in [1.165, 1.54) is 12.5 Å². The fourth-order valence-electron chi connectivity index (χ4n) is 6.67. The lowest BCUT2D eigenvalue weighted by molar-refractivity contribution is -0.137. The Morgan fingerprint density at radius 3 is 2.50 bits per heavy atom. The quantitative estimate of drug-likeness (QED) is 0.282. The van der Waals surface area contributed by atoms with E-state index in [1.807, 2.05) is 11.8 Å². The van der Waals surface area contributed by atoms with E-state index in [-0.39, 0.29) is 64.1 Å². The van der Waals surface area contributed by atoms with Crippen LogP contribution in [0.4, 0.5) is 30.4 Å². The Hall–Kier alpha value is -4.99. The molecule has 4 heterocycles. The minimum absolute atomic E-state index is 0.00750. The van der Waals surface area contributed by atoms with Crippen molar-refractivity contribution in [2.75, 3.05) is 48.8 Å². The molecule has 1 saturated carbocycles. The van der Waals surface area contributed by atoms with Gasteiger partial charge in [-0.25, -0.2) is 19.9 Å². The first kappa shape index (κ1) is 34.9. The Morgan fingerprint density at radius 2 is 1.88 bits per heavy atom. The summed E-state index contributed by atoms with van der Waals surface area (Å²) in [6.45, 7) is 3.89. The SMILES string of the molecule is CCc1c(N2CCN(C(=O)c3ncnc(C)c3O)C3(CCC3)C2)c(=O)c2nc(N(C)C)cnc2n1CC(=O)Nc1ccc(C(F)(F)F)cc1Cl. The number of carbonyl (C=O) groups is 2. The highest BCUT2D eigenvalue weighted by atomic mass is 35.5. The van der Waals surface area contributed by atoms with Crippen LogP contribution in [-0.4, -0.2) is 85.6 Å². The van der Waals surface area contributed by atoms with E-state index in [0.29, 0.717) is 43.0 Å². The molecule has 2 aliphatic rings. The molecule has 264 valence electrons. The number of rotatable bonds is 7. The number of hydrogen-bond donors (Lipinski definition) is 2. The van der Waals surface area contributed by atoms with Gasteiger partial charge in [-0.3, -0.25) is 14.4 Å². The minimum atomic E-state index is -4.61. The fourth-order valence-corrected chi connectivity index (χ4v) is 6.90. The van der Waals surface area contributed by atoms with Gasteiger partial charge >= 0.3 is 6.18 Å². The molecule has 6 rings (SSSR count). The Labute approximate surface area is 289 Å². The molecule has 1 aromatic carbocycles. The predicted molar refractivity (Wildman–Crippen MR) is 181 cm³/mol. The number of halogens is 4. The maximum atomic E-state index is 14.4. The van der Waals surface area contributed by atoms with Gasteiger partial charge in [0.2, 0.25) is 11.3 Å². The molecule has 1 aliphatic heterocycles. The molecule has 1 spiro atoms. The Bertz CT molecular complexity index is 2070. The van der Waals surface area contributed by atoms with Crippen LogP contribution < -0.4 is 20.5 Å². The molecule has 2 amide bonds. The number of fused-ring (bicyclic) bond motifs is 1. The first-order valence-corrected chi connectivity index (χ1v) is 16.4. The summed E-state index contributed by atoms with van der Waals surface area (Å²) < 4.78 is 41.2. The second-order valence-electron chi connectivity index (χ2n) is 12.7. The van der Waals surface area contributed by atoms with Gasteiger partial charge in [0.1, 0.15) is 24.4 Å². The number of aromatic nitrogens is 5. The van der Waals surface area contributed by atoms with Gasteiger partial charge in [-0.1, -0.05) is 18.5 Å². The lowest BCUT2D eigenvalue weighted by Crippen LogP contribution is -2.67. The Balaban J connectivity index is 1.39. The molecule has 17 heteroatoms. The van der Waals surface area contributed by atoms with Gasteiger partial charge in [0, 0.05) is 39.4 Å². The molecule has 0 bridgehead atoms. The van der Waals surface area contributed by atoms with Gasteiger partial charge in [0.05, 0.1) is 33.7 Å². The van der Waals surface area contributed by atoms with Gasteiger partial charge in [0.25, 0.3) is 5.91 Å². The highest BCUT2D eigenvalue weighted by Crippen LogP contribution is 2.43. The van der Waals surface area contributed by atoms with Gasteiger partial charge in [-0.2, -0.15) is 13.2 Å². The number of nitrogens with zero attached hydrogens (tertiary/aromatic N) is 8. The number of carbonyl (C=O) groups excluding carboxylic acids is 2. The Morgan fingerprint density at radius 1 is 1.14 bits per heavy atom. The number of nitrogens with one attached hydrogen (secondary N) is 1. The number of aromatic hydroxyl groups is 1. The van der Waals surface area contributed by atoms with E-state index >= 15 is 0 Å². The molecule has 1 saturated heterocycles. The van der Waals surface area contributed by atoms with Crippen molar-refractivity contribution in [3.63, 3.8) is 0 Å². The van der Waals surface area contributed by atoms with Gasteiger partial charge in [-0.05, 0) is 50.8 Å². The molecule has 1 aliphatic carbocycles. The lowest BCUT2D eigenvalue weighted by atomic mass is 9.73. The highest BCUT2D eigenvalue weighted by molar-refractivity contribution is 6.33. The summed E-state index contributed by atoms with van der Waals surface area (Å²) in [5, 5.41) is 12.9. The topological polar surface area (TPSA) is 150 Å². The number of alkyl halides is 3. The van der Waals surface area contributed by atoms with Crippen molar-refractivity contribution in [1.29, 1.82) is 0 Å². The van der Waals surface area contributed by atoms with Crippen molar-refractivity contribution >= 4 is 51.8 Å². The Kier molecular flexibility index (Phi) is 9.09. The maximum absolute atomic E-state index is 14.4. The molecule has 2 fully saturated rings. The lowest BCUT2D eigenvalue weighted by Gasteiger charge is -2.56. The molecular weight excluding hydrogens is 679 g/mol. The van der Waals surface area contributed by atoms with E-state index in [4.69, 9.17) is 11.6 Å². The summed E-state index contributed by atoms with van der Waals surface area (Å²) in [7, 11) is 3.51. The summed E-state index contributed by atoms with van der Waals surface area (Å²) in [5.74, 6) is -0.880. The summed E-state index contributed by atoms with van der Waals surface area (Å²) in [5.41, 5.74) is -0.741. The van der Waals surface area contributed by atoms with Crippen LogP contribution in [0.1, 0.15) is 53.6 Å². The summed E-state index contributed by atoms with van der Waals surface area (Å²) in [6.07, 6.45) is 0.632. The van der Waals surface area contributed by atoms with E-state index in [9.17, 15) is 32.7 Å². The average Bonchev–Trinajstić information content (AvgIpc) is 3.06. The zero-order valence-electron chi connectivity index (χ0n) is 27.8. The number of benzene rings is 1. The van der Waals surface area contributed by atoms with E-state index in [1.54, 1.807) is 35.4 Å². The monoisotopic (exact) mass is 713 g/mol. The number of aryl methyl sites for hydroxylation is 1. The predicted octanol–water partition coefficient (Wildman–Crippen LogP) is 4.42. The molecule has 50 heavy (non-hydrogen) atoms. The zero-order chi connectivity index (χ0) is 36.1. The minimum Gasteiger partial charge on any atom is -0.504 e. The van der Waals surface area contributed by atoms with Crippen molar-refractivity contribution in [1.82, 2.24) is 29.4 Å². The average molecular weight is 714 g/mol. The molecule has 2 N–H and O–H groups in total. The van der Waals surface area contributed by atoms with Crippen LogP contribution in [0.15, 0.2) is 35.5 Å². The summed E-state index contributed by atoms with van der Waals surface area (Å²) in [6, 6.07) is 2.65. The highest BCUT2D eigenvalue weighted by Gasteiger charge is 2.50. The molecule has 0 radical (unpaired) electrons. The van der Waals surface area contributed by atoms with Crippen LogP contribution in [-0.2, 0) is 23.9 Å². The standard InChI is InChI=1S/C33H35ClF3N9O4/c1-5-22-27(44-11-12-46(32(16-44)9-6-10-32)31(50)26-28(48)18(2)39-17-40-26)29(49)25-30(38-14-23(42-25)43(3)4)45(22)15-24(47)41-21-8-7-19(13-20(21)34)33(35,36)37/h7-8,13-14,17,48H,5-6,9-12,15-16H2,1-4H3,(H,41,47). The molecular formula is C33H35ClF3N9O4. The smallest absolute Gasteiger partial charge is 0.416 e. The third-order valence-electron chi connectivity index (χ3n) is 9.40. The molecule has 13 nitrogen and oxygen atoms in total. The second-order valence-corrected chi connectivity index (χ2v) is 13.1. The number of pyridine rings is 1. The zero-order valence-corrected chi connectivity index (χ0v) is 28.6. The maximum Gasteiger partial charge on any atom is 0.416 e. The molecule has 0 unspecified atom stereocenters. The van der Waals surface area contributed by atoms with Crippen LogP contribution in [0.2, 0.25) is 5.02 Å². The van der Waals surface area contributed by atoms with Gasteiger partial charge < -0.3 is 29.7 Å². The first-order chi connectivity index (χ1) is 23.6. The number of anilines is 3. The van der Waals surface area contributed by atoms with Crippen molar-refractivity contribution < 1.29 is 27.9 Å². The fraction of sp³-hybridized carbons (Fsp3) is 0.424. The van der Waals surface area contributed by atoms with E-state index < -0.39 is 29.1 Å². The van der Waals surface area contributed by atoms with Crippen molar-refractivity contribution in [3.05, 3.63) is 68.6 Å². The third-order valence-corrected chi connectivity index (χ3v) is 9.71. The molecule has 0 atom stereocenters. The van der Waals surface area contributed by atoms with Crippen LogP contribution >= 0.6 is 11.6 Å². The first-order valence-electron chi connectivity index (χ1n) is 16.0. The van der Waals surface area contributed by atoms with E-state index in [0.717, 1.165) is 24.6 Å². The van der Waals surface area contributed by atoms with E-state index in [2.05, 4.69) is 25.3 Å². The number of piperazine rings is 1. The normalized spacial score (nSPS) is 15.7. The molecule has 3 aromatic heterocycles. The van der Waals surface area contributed by atoms with Crippen LogP contribution in [0.3, 0.4) is 0 Å². The van der Waals surface area contributed by atoms with Crippen molar-refractivity contribution in [2.24, 2.45) is 0 Å². The van der Waals surface area contributed by atoms with Crippen molar-refractivity contribution in [3.8, 4) is 5.75 Å².